The van der Waals surface area contributed by atoms with Crippen LogP contribution in [0.25, 0.3) is 16.6 Å². The van der Waals surface area contributed by atoms with E-state index >= 15 is 0 Å². The van der Waals surface area contributed by atoms with Crippen molar-refractivity contribution in [1.82, 2.24) is 24.9 Å². The van der Waals surface area contributed by atoms with Crippen molar-refractivity contribution in [1.29, 1.82) is 0 Å². The fourth-order valence-electron chi connectivity index (χ4n) is 3.43. The number of benzene rings is 1. The fraction of sp³-hybridized carbons (Fsp3) is 0.238. The SMILES string of the molecule is CC(C)C[C@H](NC(=O)c1cc(=O)[nH]c2ccccc12)c1nnc2ccccn12. The fourth-order valence-corrected chi connectivity index (χ4v) is 3.43. The molecule has 1 amide bonds. The number of nitrogens with one attached hydrogen (secondary N) is 2. The first-order valence-corrected chi connectivity index (χ1v) is 9.25. The summed E-state index contributed by atoms with van der Waals surface area (Å²) >= 11 is 0. The first-order chi connectivity index (χ1) is 13.5. The minimum absolute atomic E-state index is 0.305. The molecule has 142 valence electrons. The van der Waals surface area contributed by atoms with E-state index in [9.17, 15) is 9.59 Å². The molecule has 0 aliphatic heterocycles. The highest BCUT2D eigenvalue weighted by atomic mass is 16.2. The topological polar surface area (TPSA) is 92.1 Å². The maximum absolute atomic E-state index is 13.1. The molecule has 0 fully saturated rings. The second-order valence-corrected chi connectivity index (χ2v) is 7.24. The summed E-state index contributed by atoms with van der Waals surface area (Å²) in [6.07, 6.45) is 2.58. The van der Waals surface area contributed by atoms with E-state index in [4.69, 9.17) is 0 Å². The molecule has 0 saturated heterocycles. The van der Waals surface area contributed by atoms with Crippen LogP contribution in [0.3, 0.4) is 0 Å². The van der Waals surface area contributed by atoms with Crippen LogP contribution in [0.2, 0.25) is 0 Å². The lowest BCUT2D eigenvalue weighted by atomic mass is 10.0. The molecule has 1 aromatic carbocycles. The van der Waals surface area contributed by atoms with E-state index in [-0.39, 0.29) is 17.5 Å². The van der Waals surface area contributed by atoms with Gasteiger partial charge in [0.25, 0.3) is 5.91 Å². The quantitative estimate of drug-likeness (QED) is 0.561. The Hall–Kier alpha value is -3.48. The first kappa shape index (κ1) is 17.9. The van der Waals surface area contributed by atoms with E-state index in [0.29, 0.717) is 34.6 Å². The number of nitrogens with zero attached hydrogens (tertiary/aromatic N) is 3. The molecule has 4 rings (SSSR count). The number of hydrogen-bond acceptors (Lipinski definition) is 4. The molecule has 0 radical (unpaired) electrons. The molecule has 0 saturated carbocycles. The summed E-state index contributed by atoms with van der Waals surface area (Å²) in [7, 11) is 0. The summed E-state index contributed by atoms with van der Waals surface area (Å²) in [6, 6.07) is 13.9. The van der Waals surface area contributed by atoms with Crippen molar-refractivity contribution >= 4 is 22.5 Å². The molecule has 0 spiro atoms. The van der Waals surface area contributed by atoms with E-state index < -0.39 is 0 Å². The van der Waals surface area contributed by atoms with Gasteiger partial charge in [-0.1, -0.05) is 38.1 Å². The highest BCUT2D eigenvalue weighted by Crippen LogP contribution is 2.22. The molecule has 3 heterocycles. The Bertz CT molecular complexity index is 1210. The largest absolute Gasteiger partial charge is 0.342 e. The molecule has 0 aliphatic carbocycles. The zero-order valence-electron chi connectivity index (χ0n) is 15.7. The minimum atomic E-state index is -0.331. The zero-order chi connectivity index (χ0) is 19.7. The van der Waals surface area contributed by atoms with Gasteiger partial charge < -0.3 is 10.3 Å². The highest BCUT2D eigenvalue weighted by Gasteiger charge is 2.23. The van der Waals surface area contributed by atoms with Gasteiger partial charge in [0.05, 0.1) is 11.6 Å². The maximum atomic E-state index is 13.1. The van der Waals surface area contributed by atoms with Gasteiger partial charge in [-0.25, -0.2) is 0 Å². The van der Waals surface area contributed by atoms with Crippen molar-refractivity contribution in [3.63, 3.8) is 0 Å². The van der Waals surface area contributed by atoms with Gasteiger partial charge >= 0.3 is 0 Å². The molecular formula is C21H21N5O2. The summed E-state index contributed by atoms with van der Waals surface area (Å²) in [4.78, 5) is 27.9. The van der Waals surface area contributed by atoms with Gasteiger partial charge in [0.2, 0.25) is 5.56 Å². The number of aromatic amines is 1. The summed E-state index contributed by atoms with van der Waals surface area (Å²) in [6.45, 7) is 4.18. The van der Waals surface area contributed by atoms with Gasteiger partial charge in [0.15, 0.2) is 11.5 Å². The molecule has 0 unspecified atom stereocenters. The number of H-pyrrole nitrogens is 1. The Morgan fingerprint density at radius 3 is 2.75 bits per heavy atom. The van der Waals surface area contributed by atoms with Gasteiger partial charge in [-0.3, -0.25) is 14.0 Å². The number of hydrogen-bond donors (Lipinski definition) is 2. The van der Waals surface area contributed by atoms with Crippen LogP contribution in [-0.4, -0.2) is 25.5 Å². The number of pyridine rings is 2. The van der Waals surface area contributed by atoms with Crippen LogP contribution in [0.15, 0.2) is 59.5 Å². The van der Waals surface area contributed by atoms with Gasteiger partial charge in [0.1, 0.15) is 0 Å². The van der Waals surface area contributed by atoms with Gasteiger partial charge in [0, 0.05) is 23.2 Å². The van der Waals surface area contributed by atoms with E-state index in [1.54, 1.807) is 6.07 Å². The number of rotatable bonds is 5. The maximum Gasteiger partial charge on any atom is 0.252 e. The van der Waals surface area contributed by atoms with E-state index in [2.05, 4.69) is 34.3 Å². The number of para-hydroxylation sites is 1. The average molecular weight is 375 g/mol. The molecule has 3 aromatic heterocycles. The number of carbonyl (C=O) groups excluding carboxylic acids is 1. The van der Waals surface area contributed by atoms with Crippen molar-refractivity contribution in [2.24, 2.45) is 5.92 Å². The van der Waals surface area contributed by atoms with Crippen molar-refractivity contribution in [2.45, 2.75) is 26.3 Å². The molecule has 0 bridgehead atoms. The van der Waals surface area contributed by atoms with Crippen LogP contribution >= 0.6 is 0 Å². The molecule has 0 aliphatic rings. The molecule has 7 nitrogen and oxygen atoms in total. The van der Waals surface area contributed by atoms with Crippen molar-refractivity contribution in [2.75, 3.05) is 0 Å². The Kier molecular flexibility index (Phi) is 4.65. The second kappa shape index (κ2) is 7.26. The highest BCUT2D eigenvalue weighted by molar-refractivity contribution is 6.06. The lowest BCUT2D eigenvalue weighted by Gasteiger charge is -2.19. The third-order valence-electron chi connectivity index (χ3n) is 4.66. The molecule has 4 aromatic rings. The lowest BCUT2D eigenvalue weighted by molar-refractivity contribution is 0.0931. The van der Waals surface area contributed by atoms with Crippen LogP contribution in [0.4, 0.5) is 0 Å². The zero-order valence-corrected chi connectivity index (χ0v) is 15.7. The third-order valence-corrected chi connectivity index (χ3v) is 4.66. The van der Waals surface area contributed by atoms with Gasteiger partial charge in [-0.05, 0) is 30.5 Å². The lowest BCUT2D eigenvalue weighted by Crippen LogP contribution is -2.31. The summed E-state index contributed by atoms with van der Waals surface area (Å²) < 4.78 is 1.88. The van der Waals surface area contributed by atoms with Crippen LogP contribution in [-0.2, 0) is 0 Å². The third kappa shape index (κ3) is 3.38. The molecule has 28 heavy (non-hydrogen) atoms. The van der Waals surface area contributed by atoms with Crippen LogP contribution in [0, 0.1) is 5.92 Å². The van der Waals surface area contributed by atoms with Crippen molar-refractivity contribution in [3.05, 3.63) is 76.5 Å². The van der Waals surface area contributed by atoms with Gasteiger partial charge in [-0.15, -0.1) is 10.2 Å². The summed E-state index contributed by atoms with van der Waals surface area (Å²) in [5.74, 6) is 0.699. The number of amides is 1. The number of carbonyl (C=O) groups is 1. The van der Waals surface area contributed by atoms with Crippen LogP contribution in [0.1, 0.15) is 42.5 Å². The number of aromatic nitrogens is 4. The van der Waals surface area contributed by atoms with Crippen LogP contribution < -0.4 is 10.9 Å². The Labute approximate surface area is 161 Å². The van der Waals surface area contributed by atoms with Crippen molar-refractivity contribution in [3.8, 4) is 0 Å². The standard InChI is InChI=1S/C21H21N5O2/c1-13(2)11-17(20-25-24-18-9-5-6-10-26(18)20)23-21(28)15-12-19(27)22-16-8-4-3-7-14(15)16/h3-10,12-13,17H,11H2,1-2H3,(H,22,27)(H,23,28)/t17-/m0/s1. The smallest absolute Gasteiger partial charge is 0.252 e. The summed E-state index contributed by atoms with van der Waals surface area (Å²) in [5, 5.41) is 12.3. The second-order valence-electron chi connectivity index (χ2n) is 7.24. The van der Waals surface area contributed by atoms with E-state index in [0.717, 1.165) is 5.65 Å². The summed E-state index contributed by atoms with van der Waals surface area (Å²) in [5.41, 5.74) is 1.40. The Balaban J connectivity index is 1.74. The molecule has 1 atom stereocenters. The monoisotopic (exact) mass is 375 g/mol. The van der Waals surface area contributed by atoms with E-state index in [1.807, 2.05) is 47.0 Å². The average Bonchev–Trinajstić information content (AvgIpc) is 3.10. The first-order valence-electron chi connectivity index (χ1n) is 9.25. The minimum Gasteiger partial charge on any atom is -0.342 e. The molecule has 2 N–H and O–H groups in total. The predicted octanol–water partition coefficient (Wildman–Crippen LogP) is 3.09. The van der Waals surface area contributed by atoms with Gasteiger partial charge in [-0.2, -0.15) is 0 Å². The molecule has 7 heteroatoms. The predicted molar refractivity (Wildman–Crippen MR) is 107 cm³/mol. The van der Waals surface area contributed by atoms with Crippen LogP contribution in [0.5, 0.6) is 0 Å². The normalized spacial score (nSPS) is 12.5. The Morgan fingerprint density at radius 2 is 1.93 bits per heavy atom. The van der Waals surface area contributed by atoms with Crippen molar-refractivity contribution < 1.29 is 4.79 Å². The van der Waals surface area contributed by atoms with E-state index in [1.165, 1.54) is 6.07 Å². The Morgan fingerprint density at radius 1 is 1.14 bits per heavy atom. The number of fused-ring (bicyclic) bond motifs is 2. The molecular weight excluding hydrogens is 354 g/mol.